The summed E-state index contributed by atoms with van der Waals surface area (Å²) in [6.45, 7) is 2.20. The summed E-state index contributed by atoms with van der Waals surface area (Å²) < 4.78 is 0. The number of carbonyl (C=O) groups excluding carboxylic acids is 1. The Bertz CT molecular complexity index is 528. The first-order chi connectivity index (χ1) is 9.01. The molecule has 1 amide bonds. The van der Waals surface area contributed by atoms with Crippen LogP contribution in [0.15, 0.2) is 18.2 Å². The Kier molecular flexibility index (Phi) is 3.72. The first-order valence-electron chi connectivity index (χ1n) is 6.16. The molecule has 5 nitrogen and oxygen atoms in total. The summed E-state index contributed by atoms with van der Waals surface area (Å²) in [6.07, 6.45) is 0. The Balaban J connectivity index is 1.92. The molecule has 0 aromatic heterocycles. The summed E-state index contributed by atoms with van der Waals surface area (Å²) in [7, 11) is 3.54. The van der Waals surface area contributed by atoms with Crippen molar-refractivity contribution in [2.75, 3.05) is 27.2 Å². The zero-order chi connectivity index (χ0) is 14.0. The van der Waals surface area contributed by atoms with Crippen molar-refractivity contribution in [1.82, 2.24) is 9.80 Å². The maximum absolute atomic E-state index is 11.7. The van der Waals surface area contributed by atoms with Gasteiger partial charge in [-0.05, 0) is 17.7 Å². The van der Waals surface area contributed by atoms with Gasteiger partial charge in [-0.3, -0.25) is 9.69 Å². The van der Waals surface area contributed by atoms with Crippen LogP contribution in [-0.2, 0) is 11.3 Å². The number of carbonyl (C=O) groups is 1. The van der Waals surface area contributed by atoms with Gasteiger partial charge < -0.3 is 10.0 Å². The quantitative estimate of drug-likeness (QED) is 0.871. The van der Waals surface area contributed by atoms with Crippen LogP contribution in [0.25, 0.3) is 0 Å². The molecule has 0 radical (unpaired) electrons. The molecule has 0 bridgehead atoms. The van der Waals surface area contributed by atoms with E-state index < -0.39 is 0 Å². The zero-order valence-corrected chi connectivity index (χ0v) is 11.1. The molecular formula is C14H17N3O2. The molecule has 1 aliphatic heterocycles. The lowest BCUT2D eigenvalue weighted by Crippen LogP contribution is -2.52. The zero-order valence-electron chi connectivity index (χ0n) is 11.1. The first kappa shape index (κ1) is 13.4. The van der Waals surface area contributed by atoms with E-state index in [1.807, 2.05) is 6.07 Å². The maximum Gasteiger partial charge on any atom is 0.227 e. The third kappa shape index (κ3) is 2.85. The Morgan fingerprint density at radius 2 is 2.21 bits per heavy atom. The normalized spacial score (nSPS) is 15.6. The predicted molar refractivity (Wildman–Crippen MR) is 70.3 cm³/mol. The molecule has 0 aliphatic carbocycles. The number of phenolic OH excluding ortho intramolecular Hbond substituents is 1. The molecule has 1 saturated heterocycles. The third-order valence-electron chi connectivity index (χ3n) is 3.33. The third-order valence-corrected chi connectivity index (χ3v) is 3.33. The fourth-order valence-corrected chi connectivity index (χ4v) is 2.25. The van der Waals surface area contributed by atoms with E-state index in [1.54, 1.807) is 31.1 Å². The number of amides is 1. The summed E-state index contributed by atoms with van der Waals surface area (Å²) in [6, 6.07) is 6.99. The van der Waals surface area contributed by atoms with Crippen LogP contribution >= 0.6 is 0 Å². The number of aromatic hydroxyl groups is 1. The molecule has 19 heavy (non-hydrogen) atoms. The van der Waals surface area contributed by atoms with Crippen LogP contribution < -0.4 is 0 Å². The van der Waals surface area contributed by atoms with E-state index in [1.165, 1.54) is 6.07 Å². The summed E-state index contributed by atoms with van der Waals surface area (Å²) in [5, 5.41) is 18.3. The highest BCUT2D eigenvalue weighted by molar-refractivity contribution is 5.79. The fourth-order valence-electron chi connectivity index (χ4n) is 2.25. The molecule has 0 saturated carbocycles. The molecule has 1 N–H and O–H groups in total. The minimum Gasteiger partial charge on any atom is -0.507 e. The number of rotatable bonds is 3. The van der Waals surface area contributed by atoms with Crippen molar-refractivity contribution < 1.29 is 9.90 Å². The molecule has 1 aromatic rings. The van der Waals surface area contributed by atoms with E-state index in [9.17, 15) is 9.90 Å². The average Bonchev–Trinajstić information content (AvgIpc) is 2.34. The number of hydrogen-bond donors (Lipinski definition) is 1. The van der Waals surface area contributed by atoms with E-state index >= 15 is 0 Å². The van der Waals surface area contributed by atoms with Gasteiger partial charge in [0.15, 0.2) is 0 Å². The summed E-state index contributed by atoms with van der Waals surface area (Å²) in [4.78, 5) is 15.5. The number of phenols is 1. The highest BCUT2D eigenvalue weighted by atomic mass is 16.3. The first-order valence-corrected chi connectivity index (χ1v) is 6.16. The number of likely N-dealkylation sites (tertiary alicyclic amines) is 1. The minimum absolute atomic E-state index is 0.00974. The molecule has 5 heteroatoms. The van der Waals surface area contributed by atoms with Crippen molar-refractivity contribution in [3.05, 3.63) is 29.3 Å². The van der Waals surface area contributed by atoms with Crippen LogP contribution in [-0.4, -0.2) is 48.0 Å². The Hall–Kier alpha value is -2.06. The van der Waals surface area contributed by atoms with Crippen LogP contribution in [0.3, 0.4) is 0 Å². The second kappa shape index (κ2) is 5.29. The van der Waals surface area contributed by atoms with Gasteiger partial charge in [-0.15, -0.1) is 0 Å². The summed E-state index contributed by atoms with van der Waals surface area (Å²) >= 11 is 0. The van der Waals surface area contributed by atoms with Crippen molar-refractivity contribution in [3.8, 4) is 11.8 Å². The molecule has 0 spiro atoms. The lowest BCUT2D eigenvalue weighted by atomic mass is 9.97. The monoisotopic (exact) mass is 259 g/mol. The molecule has 100 valence electrons. The van der Waals surface area contributed by atoms with E-state index in [0.717, 1.165) is 18.7 Å². The highest BCUT2D eigenvalue weighted by Crippen LogP contribution is 2.23. The predicted octanol–water partition coefficient (Wildman–Crippen LogP) is 0.784. The van der Waals surface area contributed by atoms with Gasteiger partial charge in [0, 0.05) is 33.7 Å². The van der Waals surface area contributed by atoms with E-state index in [-0.39, 0.29) is 17.6 Å². The molecule has 1 fully saturated rings. The molecule has 1 aromatic carbocycles. The van der Waals surface area contributed by atoms with Crippen LogP contribution in [0.1, 0.15) is 11.1 Å². The Labute approximate surface area is 112 Å². The molecule has 1 heterocycles. The number of benzene rings is 1. The van der Waals surface area contributed by atoms with E-state index in [0.29, 0.717) is 12.1 Å². The van der Waals surface area contributed by atoms with Gasteiger partial charge >= 0.3 is 0 Å². The van der Waals surface area contributed by atoms with E-state index in [4.69, 9.17) is 5.26 Å². The topological polar surface area (TPSA) is 67.6 Å². The van der Waals surface area contributed by atoms with Gasteiger partial charge in [-0.2, -0.15) is 5.26 Å². The number of hydrogen-bond acceptors (Lipinski definition) is 4. The maximum atomic E-state index is 11.7. The van der Waals surface area contributed by atoms with Gasteiger partial charge in [-0.1, -0.05) is 6.07 Å². The highest BCUT2D eigenvalue weighted by Gasteiger charge is 2.33. The fraction of sp³-hybridized carbons (Fsp3) is 0.429. The van der Waals surface area contributed by atoms with Crippen molar-refractivity contribution in [2.24, 2.45) is 5.92 Å². The van der Waals surface area contributed by atoms with Gasteiger partial charge in [0.05, 0.1) is 11.5 Å². The van der Waals surface area contributed by atoms with Crippen LogP contribution in [0, 0.1) is 17.2 Å². The summed E-state index contributed by atoms with van der Waals surface area (Å²) in [5.74, 6) is 0.262. The molecule has 2 rings (SSSR count). The second-order valence-corrected chi connectivity index (χ2v) is 5.09. The van der Waals surface area contributed by atoms with Gasteiger partial charge in [0.2, 0.25) is 5.91 Å². The van der Waals surface area contributed by atoms with Crippen molar-refractivity contribution in [3.63, 3.8) is 0 Å². The lowest BCUT2D eigenvalue weighted by molar-refractivity contribution is -0.138. The second-order valence-electron chi connectivity index (χ2n) is 5.09. The Morgan fingerprint density at radius 3 is 2.79 bits per heavy atom. The van der Waals surface area contributed by atoms with Gasteiger partial charge in [-0.25, -0.2) is 0 Å². The van der Waals surface area contributed by atoms with Crippen LogP contribution in [0.4, 0.5) is 0 Å². The standard InChI is InChI=1S/C14H17N3O2/c1-16(2)14(19)12-8-17(9-12)7-10-3-4-13(18)11(5-10)6-15/h3-5,12,18H,7-9H2,1-2H3. The Morgan fingerprint density at radius 1 is 1.53 bits per heavy atom. The van der Waals surface area contributed by atoms with Crippen LogP contribution in [0.2, 0.25) is 0 Å². The average molecular weight is 259 g/mol. The van der Waals surface area contributed by atoms with Gasteiger partial charge in [0.1, 0.15) is 11.8 Å². The summed E-state index contributed by atoms with van der Waals surface area (Å²) in [5.41, 5.74) is 1.27. The minimum atomic E-state index is 0.00974. The SMILES string of the molecule is CN(C)C(=O)C1CN(Cc2ccc(O)c(C#N)c2)C1. The largest absolute Gasteiger partial charge is 0.507 e. The molecule has 1 aliphatic rings. The van der Waals surface area contributed by atoms with Crippen molar-refractivity contribution in [1.29, 1.82) is 5.26 Å². The number of nitriles is 1. The molecule has 0 atom stereocenters. The smallest absolute Gasteiger partial charge is 0.227 e. The lowest BCUT2D eigenvalue weighted by Gasteiger charge is -2.39. The molecular weight excluding hydrogens is 242 g/mol. The van der Waals surface area contributed by atoms with E-state index in [2.05, 4.69) is 4.90 Å². The molecule has 0 unspecified atom stereocenters. The van der Waals surface area contributed by atoms with Crippen molar-refractivity contribution >= 4 is 5.91 Å². The number of nitrogens with zero attached hydrogens (tertiary/aromatic N) is 3. The van der Waals surface area contributed by atoms with Gasteiger partial charge in [0.25, 0.3) is 0 Å². The van der Waals surface area contributed by atoms with Crippen LogP contribution in [0.5, 0.6) is 5.75 Å². The van der Waals surface area contributed by atoms with Crippen molar-refractivity contribution in [2.45, 2.75) is 6.54 Å².